The van der Waals surface area contributed by atoms with E-state index in [-0.39, 0.29) is 5.60 Å². The van der Waals surface area contributed by atoms with Crippen LogP contribution in [0, 0.1) is 0 Å². The lowest BCUT2D eigenvalue weighted by Gasteiger charge is -2.39. The van der Waals surface area contributed by atoms with Crippen molar-refractivity contribution in [2.45, 2.75) is 19.1 Å². The highest BCUT2D eigenvalue weighted by molar-refractivity contribution is 5.07. The van der Waals surface area contributed by atoms with Gasteiger partial charge in [-0.05, 0) is 18.6 Å². The van der Waals surface area contributed by atoms with E-state index >= 15 is 0 Å². The van der Waals surface area contributed by atoms with Crippen LogP contribution in [0.25, 0.3) is 0 Å². The average molecular weight is 178 g/mol. The molecule has 0 radical (unpaired) electrons. The van der Waals surface area contributed by atoms with Gasteiger partial charge in [0.2, 0.25) is 0 Å². The van der Waals surface area contributed by atoms with Crippen LogP contribution in [0.3, 0.4) is 0 Å². The number of rotatable bonds is 3. The molecule has 0 unspecified atom stereocenters. The Bertz CT molecular complexity index is 270. The van der Waals surface area contributed by atoms with Gasteiger partial charge < -0.3 is 10.1 Å². The zero-order chi connectivity index (χ0) is 9.15. The second-order valence-electron chi connectivity index (χ2n) is 3.70. The summed E-state index contributed by atoms with van der Waals surface area (Å²) in [6.07, 6.45) is 3.62. The smallest absolute Gasteiger partial charge is 0.0906 e. The molecule has 0 aromatic carbocycles. The van der Waals surface area contributed by atoms with E-state index in [9.17, 15) is 0 Å². The molecule has 0 bridgehead atoms. The molecule has 3 heteroatoms. The van der Waals surface area contributed by atoms with Crippen molar-refractivity contribution in [2.75, 3.05) is 13.1 Å². The molecule has 1 aromatic heterocycles. The summed E-state index contributed by atoms with van der Waals surface area (Å²) < 4.78 is 5.75. The summed E-state index contributed by atoms with van der Waals surface area (Å²) in [4.78, 5) is 4.03. The van der Waals surface area contributed by atoms with E-state index in [1.807, 2.05) is 18.3 Å². The number of hydrogen-bond donors (Lipinski definition) is 1. The van der Waals surface area contributed by atoms with Crippen molar-refractivity contribution in [2.24, 2.45) is 0 Å². The molecule has 1 fully saturated rings. The molecular weight excluding hydrogens is 164 g/mol. The van der Waals surface area contributed by atoms with Gasteiger partial charge in [-0.25, -0.2) is 0 Å². The predicted molar refractivity (Wildman–Crippen MR) is 50.3 cm³/mol. The molecule has 1 N–H and O–H groups in total. The molecule has 2 rings (SSSR count). The van der Waals surface area contributed by atoms with Crippen LogP contribution in [0.15, 0.2) is 24.5 Å². The van der Waals surface area contributed by atoms with E-state index in [4.69, 9.17) is 4.74 Å². The summed E-state index contributed by atoms with van der Waals surface area (Å²) in [6, 6.07) is 3.96. The molecule has 1 aromatic rings. The highest BCUT2D eigenvalue weighted by Crippen LogP contribution is 2.17. The Labute approximate surface area is 78.1 Å². The van der Waals surface area contributed by atoms with Gasteiger partial charge in [-0.15, -0.1) is 0 Å². The van der Waals surface area contributed by atoms with E-state index in [1.165, 1.54) is 0 Å². The van der Waals surface area contributed by atoms with E-state index in [0.717, 1.165) is 18.7 Å². The standard InChI is InChI=1S/C10H14N2O/c1-10(7-12-8-10)13-6-9-3-2-4-11-5-9/h2-5,12H,6-8H2,1H3. The molecule has 0 saturated carbocycles. The molecule has 13 heavy (non-hydrogen) atoms. The van der Waals surface area contributed by atoms with E-state index in [0.29, 0.717) is 6.61 Å². The number of aromatic nitrogens is 1. The number of hydrogen-bond acceptors (Lipinski definition) is 3. The van der Waals surface area contributed by atoms with Crippen molar-refractivity contribution in [1.29, 1.82) is 0 Å². The van der Waals surface area contributed by atoms with Crippen molar-refractivity contribution < 1.29 is 4.74 Å². The lowest BCUT2D eigenvalue weighted by atomic mass is 10.00. The SMILES string of the molecule is CC1(OCc2cccnc2)CNC1. The van der Waals surface area contributed by atoms with Gasteiger partial charge in [0.15, 0.2) is 0 Å². The first-order valence-electron chi connectivity index (χ1n) is 4.52. The third-order valence-electron chi connectivity index (χ3n) is 2.31. The first-order valence-corrected chi connectivity index (χ1v) is 4.52. The van der Waals surface area contributed by atoms with Crippen LogP contribution in [-0.4, -0.2) is 23.7 Å². The maximum absolute atomic E-state index is 5.75. The maximum atomic E-state index is 5.75. The van der Waals surface area contributed by atoms with Gasteiger partial charge >= 0.3 is 0 Å². The van der Waals surface area contributed by atoms with Gasteiger partial charge in [-0.2, -0.15) is 0 Å². The van der Waals surface area contributed by atoms with Crippen molar-refractivity contribution in [1.82, 2.24) is 10.3 Å². The van der Waals surface area contributed by atoms with E-state index in [1.54, 1.807) is 6.20 Å². The third-order valence-corrected chi connectivity index (χ3v) is 2.31. The molecule has 0 aliphatic carbocycles. The number of pyridine rings is 1. The van der Waals surface area contributed by atoms with Crippen molar-refractivity contribution in [3.63, 3.8) is 0 Å². The van der Waals surface area contributed by atoms with Gasteiger partial charge in [0, 0.05) is 25.5 Å². The van der Waals surface area contributed by atoms with Gasteiger partial charge in [-0.1, -0.05) is 6.07 Å². The number of nitrogens with one attached hydrogen (secondary N) is 1. The minimum Gasteiger partial charge on any atom is -0.368 e. The zero-order valence-corrected chi connectivity index (χ0v) is 7.79. The van der Waals surface area contributed by atoms with Crippen LogP contribution in [-0.2, 0) is 11.3 Å². The summed E-state index contributed by atoms with van der Waals surface area (Å²) in [5, 5.41) is 3.20. The Kier molecular flexibility index (Phi) is 2.29. The summed E-state index contributed by atoms with van der Waals surface area (Å²) in [5.74, 6) is 0. The summed E-state index contributed by atoms with van der Waals surface area (Å²) in [5.41, 5.74) is 1.17. The van der Waals surface area contributed by atoms with Crippen molar-refractivity contribution >= 4 is 0 Å². The lowest BCUT2D eigenvalue weighted by molar-refractivity contribution is -0.0768. The predicted octanol–water partition coefficient (Wildman–Crippen LogP) is 0.960. The molecule has 0 atom stereocenters. The Morgan fingerprint density at radius 2 is 2.46 bits per heavy atom. The minimum atomic E-state index is 0.0375. The molecule has 0 amide bonds. The largest absolute Gasteiger partial charge is 0.368 e. The fraction of sp³-hybridized carbons (Fsp3) is 0.500. The van der Waals surface area contributed by atoms with Crippen molar-refractivity contribution in [3.8, 4) is 0 Å². The zero-order valence-electron chi connectivity index (χ0n) is 7.79. The Hall–Kier alpha value is -0.930. The quantitative estimate of drug-likeness (QED) is 0.748. The Balaban J connectivity index is 1.86. The molecule has 70 valence electrons. The fourth-order valence-electron chi connectivity index (χ4n) is 1.32. The number of ether oxygens (including phenoxy) is 1. The van der Waals surface area contributed by atoms with Crippen LogP contribution in [0.4, 0.5) is 0 Å². The number of nitrogens with zero attached hydrogens (tertiary/aromatic N) is 1. The van der Waals surface area contributed by atoms with Gasteiger partial charge in [0.25, 0.3) is 0 Å². The highest BCUT2D eigenvalue weighted by Gasteiger charge is 2.32. The fourth-order valence-corrected chi connectivity index (χ4v) is 1.32. The van der Waals surface area contributed by atoms with Crippen LogP contribution in [0.2, 0.25) is 0 Å². The van der Waals surface area contributed by atoms with Gasteiger partial charge in [0.05, 0.1) is 12.2 Å². The highest BCUT2D eigenvalue weighted by atomic mass is 16.5. The van der Waals surface area contributed by atoms with Crippen LogP contribution in [0.1, 0.15) is 12.5 Å². The maximum Gasteiger partial charge on any atom is 0.0906 e. The summed E-state index contributed by atoms with van der Waals surface area (Å²) in [6.45, 7) is 4.69. The molecular formula is C10H14N2O. The molecule has 3 nitrogen and oxygen atoms in total. The minimum absolute atomic E-state index is 0.0375. The molecule has 0 spiro atoms. The first kappa shape index (κ1) is 8.66. The summed E-state index contributed by atoms with van der Waals surface area (Å²) in [7, 11) is 0. The van der Waals surface area contributed by atoms with Gasteiger partial charge in [0.1, 0.15) is 0 Å². The summed E-state index contributed by atoms with van der Waals surface area (Å²) >= 11 is 0. The monoisotopic (exact) mass is 178 g/mol. The second-order valence-corrected chi connectivity index (χ2v) is 3.70. The third kappa shape index (κ3) is 2.05. The average Bonchev–Trinajstić information content (AvgIpc) is 2.13. The Morgan fingerprint density at radius 3 is 3.00 bits per heavy atom. The first-order chi connectivity index (χ1) is 6.29. The normalized spacial score (nSPS) is 19.5. The van der Waals surface area contributed by atoms with Crippen molar-refractivity contribution in [3.05, 3.63) is 30.1 Å². The van der Waals surface area contributed by atoms with E-state index in [2.05, 4.69) is 17.2 Å². The molecule has 1 aliphatic heterocycles. The van der Waals surface area contributed by atoms with Gasteiger partial charge in [-0.3, -0.25) is 4.98 Å². The van der Waals surface area contributed by atoms with Crippen LogP contribution >= 0.6 is 0 Å². The topological polar surface area (TPSA) is 34.1 Å². The van der Waals surface area contributed by atoms with Crippen LogP contribution < -0.4 is 5.32 Å². The lowest BCUT2D eigenvalue weighted by Crippen LogP contribution is -2.58. The molecule has 1 saturated heterocycles. The Morgan fingerprint density at radius 1 is 1.62 bits per heavy atom. The van der Waals surface area contributed by atoms with E-state index < -0.39 is 0 Å². The second kappa shape index (κ2) is 3.44. The molecule has 1 aliphatic rings. The van der Waals surface area contributed by atoms with Crippen LogP contribution in [0.5, 0.6) is 0 Å². The molecule has 2 heterocycles.